The Labute approximate surface area is 107 Å². The van der Waals surface area contributed by atoms with Crippen LogP contribution in [-0.2, 0) is 29.9 Å². The van der Waals surface area contributed by atoms with Crippen LogP contribution in [0.1, 0.15) is 19.8 Å². The van der Waals surface area contributed by atoms with Gasteiger partial charge in [0.25, 0.3) is 0 Å². The first-order valence-electron chi connectivity index (χ1n) is 4.84. The van der Waals surface area contributed by atoms with Crippen molar-refractivity contribution in [1.29, 1.82) is 0 Å². The van der Waals surface area contributed by atoms with E-state index in [1.165, 1.54) is 0 Å². The predicted octanol–water partition coefficient (Wildman–Crippen LogP) is -1.85. The second-order valence-corrected chi connectivity index (χ2v) is 10.9. The summed E-state index contributed by atoms with van der Waals surface area (Å²) in [6.45, 7) is 0.978. The van der Waals surface area contributed by atoms with Crippen molar-refractivity contribution in [3.05, 3.63) is 0 Å². The molecule has 10 heteroatoms. The molecule has 2 fully saturated rings. The van der Waals surface area contributed by atoms with Crippen molar-refractivity contribution in [2.24, 2.45) is 0 Å². The second-order valence-electron chi connectivity index (χ2n) is 3.82. The molecule has 0 radical (unpaired) electrons. The fourth-order valence-electron chi connectivity index (χ4n) is 1.54. The molecule has 18 heavy (non-hydrogen) atoms. The van der Waals surface area contributed by atoms with Gasteiger partial charge in [0.15, 0.2) is 0 Å². The Kier molecular flexibility index (Phi) is 3.04. The first kappa shape index (κ1) is 13.2. The molecule has 2 aliphatic rings. The van der Waals surface area contributed by atoms with E-state index in [4.69, 9.17) is 0 Å². The van der Waals surface area contributed by atoms with E-state index in [9.17, 15) is 24.3 Å². The van der Waals surface area contributed by atoms with E-state index in [-0.39, 0.29) is 0 Å². The van der Waals surface area contributed by atoms with Crippen molar-refractivity contribution in [3.8, 4) is 0 Å². The van der Waals surface area contributed by atoms with Gasteiger partial charge in [0.05, 0.1) is 0 Å². The van der Waals surface area contributed by atoms with Crippen LogP contribution in [0, 0.1) is 0 Å². The summed E-state index contributed by atoms with van der Waals surface area (Å²) in [7, 11) is 0. The van der Waals surface area contributed by atoms with Gasteiger partial charge in [-0.05, 0) is 0 Å². The van der Waals surface area contributed by atoms with E-state index in [1.807, 2.05) is 0 Å². The molecule has 0 amide bonds. The predicted molar refractivity (Wildman–Crippen MR) is 50.0 cm³/mol. The molecule has 2 bridgehead atoms. The molecular weight excluding hydrogens is 447 g/mol. The normalized spacial score (nSPS) is 34.9. The zero-order valence-electron chi connectivity index (χ0n) is 9.13. The number of aliphatic hydroxyl groups is 1. The molecule has 1 N–H and O–H groups in total. The van der Waals surface area contributed by atoms with Crippen molar-refractivity contribution in [2.75, 3.05) is 0 Å². The van der Waals surface area contributed by atoms with Gasteiger partial charge >= 0.3 is 107 Å². The van der Waals surface area contributed by atoms with Crippen molar-refractivity contribution in [3.63, 3.8) is 0 Å². The fourth-order valence-corrected chi connectivity index (χ4v) is 8.24. The molecule has 0 aromatic heterocycles. The maximum absolute atomic E-state index is 11.6. The number of rotatable bonds is 1. The number of hydrogen-bond donors (Lipinski definition) is 1. The zero-order chi connectivity index (χ0) is 13.6. The van der Waals surface area contributed by atoms with Crippen LogP contribution in [0.3, 0.4) is 0 Å². The summed E-state index contributed by atoms with van der Waals surface area (Å²) in [6.07, 6.45) is -1.49. The van der Waals surface area contributed by atoms with Gasteiger partial charge in [-0.2, -0.15) is 0 Å². The van der Waals surface area contributed by atoms with Crippen LogP contribution in [0.15, 0.2) is 0 Å². The molecule has 0 atom stereocenters. The second kappa shape index (κ2) is 4.15. The minimum absolute atomic E-state index is 0.746. The van der Waals surface area contributed by atoms with Gasteiger partial charge in [0, 0.05) is 0 Å². The van der Waals surface area contributed by atoms with Crippen molar-refractivity contribution in [2.45, 2.75) is 25.4 Å². The van der Waals surface area contributed by atoms with Crippen molar-refractivity contribution in [1.82, 2.24) is 0 Å². The van der Waals surface area contributed by atoms with Crippen LogP contribution in [0.25, 0.3) is 0 Å². The van der Waals surface area contributed by atoms with Gasteiger partial charge in [0.1, 0.15) is 0 Å². The SMILES string of the molecule is CC(=O)[O][Pb]12[O]C(=O)CC(O)(CC(=O)[O]1)C(=O)[O]2. The van der Waals surface area contributed by atoms with Gasteiger partial charge in [-0.3, -0.25) is 0 Å². The Hall–Kier alpha value is -1.24. The Balaban J connectivity index is 2.45. The Bertz CT molecular complexity index is 435. The number of carbonyl (C=O) groups is 4. The molecule has 0 spiro atoms. The maximum atomic E-state index is 11.6. The molecule has 0 aliphatic carbocycles. The third-order valence-corrected chi connectivity index (χ3v) is 9.71. The average molecular weight is 455 g/mol. The molecule has 0 saturated carbocycles. The van der Waals surface area contributed by atoms with Crippen LogP contribution in [0.2, 0.25) is 0 Å². The molecular formula is C8H8O9Pb. The molecule has 2 heterocycles. The monoisotopic (exact) mass is 456 g/mol. The average Bonchev–Trinajstić information content (AvgIpc) is 2.24. The van der Waals surface area contributed by atoms with Gasteiger partial charge in [-0.25, -0.2) is 0 Å². The summed E-state index contributed by atoms with van der Waals surface area (Å²) >= 11 is -5.54. The minimum atomic E-state index is -5.54. The summed E-state index contributed by atoms with van der Waals surface area (Å²) in [5.74, 6) is -4.20. The summed E-state index contributed by atoms with van der Waals surface area (Å²) in [5.41, 5.74) is -2.33. The van der Waals surface area contributed by atoms with Gasteiger partial charge in [-0.15, -0.1) is 0 Å². The summed E-state index contributed by atoms with van der Waals surface area (Å²) in [6, 6.07) is 0. The third kappa shape index (κ3) is 2.31. The van der Waals surface area contributed by atoms with E-state index < -0.39 is 65.3 Å². The zero-order valence-corrected chi connectivity index (χ0v) is 13.0. The fraction of sp³-hybridized carbons (Fsp3) is 0.500. The van der Waals surface area contributed by atoms with Gasteiger partial charge in [0.2, 0.25) is 0 Å². The number of fused-ring (bicyclic) bond motifs is 3. The van der Waals surface area contributed by atoms with E-state index >= 15 is 0 Å². The Morgan fingerprint density at radius 1 is 1.22 bits per heavy atom. The topological polar surface area (TPSA) is 125 Å². The molecule has 0 unspecified atom stereocenters. The van der Waals surface area contributed by atoms with Crippen LogP contribution < -0.4 is 0 Å². The van der Waals surface area contributed by atoms with Gasteiger partial charge < -0.3 is 0 Å². The molecule has 9 nitrogen and oxygen atoms in total. The molecule has 2 aliphatic heterocycles. The van der Waals surface area contributed by atoms with E-state index in [0.29, 0.717) is 0 Å². The van der Waals surface area contributed by atoms with E-state index in [0.717, 1.165) is 6.92 Å². The van der Waals surface area contributed by atoms with E-state index in [2.05, 4.69) is 10.7 Å². The van der Waals surface area contributed by atoms with Crippen LogP contribution in [0.4, 0.5) is 0 Å². The summed E-state index contributed by atoms with van der Waals surface area (Å²) in [4.78, 5) is 45.3. The van der Waals surface area contributed by atoms with Crippen LogP contribution in [-0.4, -0.2) is 57.6 Å². The van der Waals surface area contributed by atoms with Crippen LogP contribution in [0.5, 0.6) is 0 Å². The molecule has 0 aromatic carbocycles. The Morgan fingerprint density at radius 2 is 1.72 bits per heavy atom. The molecule has 2 rings (SSSR count). The van der Waals surface area contributed by atoms with Crippen molar-refractivity contribution < 1.29 is 35.0 Å². The quantitative estimate of drug-likeness (QED) is 0.454. The molecule has 0 aromatic rings. The molecule has 2 saturated heterocycles. The summed E-state index contributed by atoms with van der Waals surface area (Å²) < 4.78 is 18.7. The first-order valence-corrected chi connectivity index (χ1v) is 11.2. The first-order chi connectivity index (χ1) is 8.25. The number of carbonyl (C=O) groups excluding carboxylic acids is 4. The molecule has 98 valence electrons. The number of hydrogen-bond acceptors (Lipinski definition) is 9. The van der Waals surface area contributed by atoms with Gasteiger partial charge in [-0.1, -0.05) is 0 Å². The van der Waals surface area contributed by atoms with Crippen molar-refractivity contribution >= 4 is 46.9 Å². The summed E-state index contributed by atoms with van der Waals surface area (Å²) in [5, 5.41) is 9.85. The van der Waals surface area contributed by atoms with Crippen LogP contribution >= 0.6 is 0 Å². The third-order valence-electron chi connectivity index (χ3n) is 2.22. The Morgan fingerprint density at radius 3 is 2.17 bits per heavy atom. The standard InChI is InChI=1S/C6H8O7.C2H4O2.Pb/c7-3(8)1-6(13,5(11)12)2-4(9)10;1-2(3)4;/h13H,1-2H2,(H,7,8)(H,9,10)(H,11,12);1H3,(H,3,4);/q;;+4/p-4. The van der Waals surface area contributed by atoms with E-state index in [1.54, 1.807) is 0 Å².